The van der Waals surface area contributed by atoms with E-state index in [-0.39, 0.29) is 29.7 Å². The second-order valence-corrected chi connectivity index (χ2v) is 9.56. The van der Waals surface area contributed by atoms with Crippen molar-refractivity contribution in [3.05, 3.63) is 65.7 Å². The van der Waals surface area contributed by atoms with Gasteiger partial charge in [0.25, 0.3) is 5.91 Å². The first-order valence-electron chi connectivity index (χ1n) is 9.33. The van der Waals surface area contributed by atoms with Gasteiger partial charge in [-0.25, -0.2) is 17.2 Å². The maximum Gasteiger partial charge on any atom is 0.260 e. The highest BCUT2D eigenvalue weighted by molar-refractivity contribution is 7.89. The number of benzene rings is 2. The second kappa shape index (κ2) is 6.32. The molecular weight excluding hydrogens is 402 g/mol. The molecule has 29 heavy (non-hydrogen) atoms. The van der Waals surface area contributed by atoms with Gasteiger partial charge in [-0.2, -0.15) is 4.31 Å². The molecule has 0 unspecified atom stereocenters. The van der Waals surface area contributed by atoms with Gasteiger partial charge in [0, 0.05) is 5.56 Å². The van der Waals surface area contributed by atoms with E-state index in [2.05, 4.69) is 0 Å². The van der Waals surface area contributed by atoms with Crippen LogP contribution in [0.3, 0.4) is 0 Å². The molecule has 5 rings (SSSR count). The second-order valence-electron chi connectivity index (χ2n) is 7.62. The van der Waals surface area contributed by atoms with Crippen molar-refractivity contribution in [2.45, 2.75) is 35.6 Å². The Morgan fingerprint density at radius 3 is 2.38 bits per heavy atom. The Labute approximate surface area is 166 Å². The zero-order chi connectivity index (χ0) is 20.4. The lowest BCUT2D eigenvalue weighted by Gasteiger charge is -2.44. The Morgan fingerprint density at radius 2 is 1.69 bits per heavy atom. The molecular formula is C20H18F2N2O4S. The van der Waals surface area contributed by atoms with E-state index in [1.54, 1.807) is 23.1 Å². The summed E-state index contributed by atoms with van der Waals surface area (Å²) in [7, 11) is -3.85. The van der Waals surface area contributed by atoms with Crippen molar-refractivity contribution in [2.24, 2.45) is 0 Å². The summed E-state index contributed by atoms with van der Waals surface area (Å²) in [5.74, 6) is -1.21. The number of ether oxygens (including phenoxy) is 1. The highest BCUT2D eigenvalue weighted by atomic mass is 32.2. The van der Waals surface area contributed by atoms with Gasteiger partial charge in [0.05, 0.1) is 24.0 Å². The van der Waals surface area contributed by atoms with Gasteiger partial charge >= 0.3 is 0 Å². The molecule has 3 fully saturated rings. The molecule has 3 aliphatic rings. The molecule has 2 aromatic carbocycles. The third-order valence-corrected chi connectivity index (χ3v) is 7.70. The molecule has 1 amide bonds. The number of fused-ring (bicyclic) bond motifs is 1. The van der Waals surface area contributed by atoms with Gasteiger partial charge in [-0.15, -0.1) is 0 Å². The van der Waals surface area contributed by atoms with Crippen molar-refractivity contribution in [1.82, 2.24) is 9.21 Å². The number of amides is 1. The van der Waals surface area contributed by atoms with Crippen molar-refractivity contribution in [2.75, 3.05) is 13.1 Å². The van der Waals surface area contributed by atoms with Crippen LogP contribution >= 0.6 is 0 Å². The van der Waals surface area contributed by atoms with Gasteiger partial charge in [0.15, 0.2) is 5.60 Å². The number of carbonyl (C=O) groups is 1. The van der Waals surface area contributed by atoms with Crippen LogP contribution in [-0.2, 0) is 19.6 Å². The lowest BCUT2D eigenvalue weighted by atomic mass is 9.94. The van der Waals surface area contributed by atoms with Gasteiger partial charge in [0.2, 0.25) is 10.0 Å². The van der Waals surface area contributed by atoms with Gasteiger partial charge in [-0.3, -0.25) is 4.79 Å². The molecule has 0 aliphatic carbocycles. The van der Waals surface area contributed by atoms with E-state index in [9.17, 15) is 22.0 Å². The van der Waals surface area contributed by atoms with Crippen molar-refractivity contribution < 1.29 is 26.7 Å². The Hall–Kier alpha value is -2.36. The van der Waals surface area contributed by atoms with Crippen molar-refractivity contribution in [3.8, 4) is 0 Å². The van der Waals surface area contributed by atoms with Crippen LogP contribution in [0, 0.1) is 11.6 Å². The first-order valence-corrected chi connectivity index (χ1v) is 10.8. The number of sulfonamides is 1. The van der Waals surface area contributed by atoms with E-state index in [1.807, 2.05) is 0 Å². The lowest BCUT2D eigenvalue weighted by molar-refractivity contribution is -0.150. The number of hydrogen-bond acceptors (Lipinski definition) is 4. The van der Waals surface area contributed by atoms with Crippen LogP contribution in [-0.4, -0.2) is 48.4 Å². The molecule has 3 saturated heterocycles. The summed E-state index contributed by atoms with van der Waals surface area (Å²) in [6.07, 6.45) is 0.671. The van der Waals surface area contributed by atoms with E-state index in [0.29, 0.717) is 18.4 Å². The Bertz CT molecular complexity index is 1080. The Balaban J connectivity index is 1.37. The summed E-state index contributed by atoms with van der Waals surface area (Å²) in [5, 5.41) is 0. The van der Waals surface area contributed by atoms with Gasteiger partial charge in [0.1, 0.15) is 17.9 Å². The van der Waals surface area contributed by atoms with Crippen molar-refractivity contribution in [3.63, 3.8) is 0 Å². The first-order chi connectivity index (χ1) is 13.8. The summed E-state index contributed by atoms with van der Waals surface area (Å²) < 4.78 is 59.9. The summed E-state index contributed by atoms with van der Waals surface area (Å²) in [6, 6.07) is 10.5. The molecule has 0 aromatic heterocycles. The van der Waals surface area contributed by atoms with Crippen molar-refractivity contribution in [1.29, 1.82) is 0 Å². The minimum atomic E-state index is -3.85. The third-order valence-electron chi connectivity index (χ3n) is 5.90. The zero-order valence-corrected chi connectivity index (χ0v) is 16.1. The van der Waals surface area contributed by atoms with E-state index in [1.165, 1.54) is 18.2 Å². The quantitative estimate of drug-likeness (QED) is 0.765. The SMILES string of the molecule is O=C1N2[C@@H](CC[C@H]2c2ccccc2F)OC12CN(S(=O)(=O)c1ccc(F)cc1)C2. The van der Waals surface area contributed by atoms with Crippen LogP contribution in [0.1, 0.15) is 24.4 Å². The van der Waals surface area contributed by atoms with Crippen LogP contribution < -0.4 is 0 Å². The minimum Gasteiger partial charge on any atom is -0.339 e. The minimum absolute atomic E-state index is 0.0380. The molecule has 0 bridgehead atoms. The van der Waals surface area contributed by atoms with Gasteiger partial charge in [-0.05, 0) is 43.2 Å². The number of nitrogens with zero attached hydrogens (tertiary/aromatic N) is 2. The number of carbonyl (C=O) groups excluding carboxylic acids is 1. The third kappa shape index (κ3) is 2.72. The molecule has 0 radical (unpaired) electrons. The topological polar surface area (TPSA) is 66.9 Å². The van der Waals surface area contributed by atoms with Crippen LogP contribution in [0.25, 0.3) is 0 Å². The summed E-state index contributed by atoms with van der Waals surface area (Å²) >= 11 is 0. The predicted octanol–water partition coefficient (Wildman–Crippen LogP) is 2.43. The fraction of sp³-hybridized carbons (Fsp3) is 0.350. The normalized spacial score (nSPS) is 26.0. The average molecular weight is 420 g/mol. The summed E-state index contributed by atoms with van der Waals surface area (Å²) in [4.78, 5) is 14.7. The summed E-state index contributed by atoms with van der Waals surface area (Å²) in [6.45, 7) is -0.217. The Kier molecular flexibility index (Phi) is 4.06. The van der Waals surface area contributed by atoms with E-state index in [0.717, 1.165) is 16.4 Å². The van der Waals surface area contributed by atoms with Crippen LogP contribution in [0.5, 0.6) is 0 Å². The maximum absolute atomic E-state index is 14.3. The smallest absolute Gasteiger partial charge is 0.260 e. The number of hydrogen-bond donors (Lipinski definition) is 0. The lowest BCUT2D eigenvalue weighted by Crippen LogP contribution is -2.67. The highest BCUT2D eigenvalue weighted by Crippen LogP contribution is 2.48. The number of halogens is 2. The molecule has 152 valence electrons. The standard InChI is InChI=1S/C20H18F2N2O4S/c21-13-5-7-14(8-6-13)29(26,27)23-11-20(12-23)19(25)24-17(9-10-18(24)28-20)15-3-1-2-4-16(15)22/h1-8,17-18H,9-12H2/t17-,18+/m0/s1. The molecule has 3 heterocycles. The molecule has 0 saturated carbocycles. The maximum atomic E-state index is 14.3. The first kappa shape index (κ1) is 18.7. The molecule has 9 heteroatoms. The summed E-state index contributed by atoms with van der Waals surface area (Å²) in [5.41, 5.74) is -0.791. The molecule has 2 atom stereocenters. The molecule has 6 nitrogen and oxygen atoms in total. The molecule has 1 spiro atoms. The highest BCUT2D eigenvalue weighted by Gasteiger charge is 2.64. The number of rotatable bonds is 3. The van der Waals surface area contributed by atoms with Crippen LogP contribution in [0.4, 0.5) is 8.78 Å². The largest absolute Gasteiger partial charge is 0.339 e. The van der Waals surface area contributed by atoms with Crippen molar-refractivity contribution >= 4 is 15.9 Å². The predicted molar refractivity (Wildman–Crippen MR) is 98.0 cm³/mol. The van der Waals surface area contributed by atoms with Gasteiger partial charge in [-0.1, -0.05) is 18.2 Å². The van der Waals surface area contributed by atoms with E-state index < -0.39 is 33.7 Å². The van der Waals surface area contributed by atoms with Gasteiger partial charge < -0.3 is 9.64 Å². The molecule has 3 aliphatic heterocycles. The fourth-order valence-corrected chi connectivity index (χ4v) is 5.96. The molecule has 0 N–H and O–H groups in total. The van der Waals surface area contributed by atoms with Crippen LogP contribution in [0.2, 0.25) is 0 Å². The van der Waals surface area contributed by atoms with E-state index >= 15 is 0 Å². The average Bonchev–Trinajstić information content (AvgIpc) is 3.19. The molecule has 2 aromatic rings. The van der Waals surface area contributed by atoms with Crippen LogP contribution in [0.15, 0.2) is 53.4 Å². The van der Waals surface area contributed by atoms with E-state index in [4.69, 9.17) is 4.74 Å². The monoisotopic (exact) mass is 420 g/mol. The zero-order valence-electron chi connectivity index (χ0n) is 15.3. The fourth-order valence-electron chi connectivity index (χ4n) is 4.42. The Morgan fingerprint density at radius 1 is 1.00 bits per heavy atom.